The van der Waals surface area contributed by atoms with Crippen LogP contribution in [-0.4, -0.2) is 207 Å². The topological polar surface area (TPSA) is 409 Å². The van der Waals surface area contributed by atoms with E-state index in [0.29, 0.717) is 20.3 Å². The van der Waals surface area contributed by atoms with E-state index < -0.39 is 101 Å². The van der Waals surface area contributed by atoms with Crippen molar-refractivity contribution in [1.82, 2.24) is 20.3 Å². The molecular weight excluding hydrogens is 1120 g/mol. The number of esters is 4. The van der Waals surface area contributed by atoms with Crippen LogP contribution >= 0.6 is 0 Å². The van der Waals surface area contributed by atoms with Crippen molar-refractivity contribution in [3.63, 3.8) is 0 Å². The predicted molar refractivity (Wildman–Crippen MR) is 258 cm³/mol. The summed E-state index contributed by atoms with van der Waals surface area (Å²) in [6.07, 6.45) is -2.71. The van der Waals surface area contributed by atoms with Gasteiger partial charge in [0.25, 0.3) is 53.8 Å². The molecule has 4 heterocycles. The lowest BCUT2D eigenvalue weighted by molar-refractivity contribution is -0.838. The molecule has 83 heavy (non-hydrogen) atoms. The lowest BCUT2D eigenvalue weighted by Crippen LogP contribution is -2.43. The van der Waals surface area contributed by atoms with Crippen LogP contribution in [0.1, 0.15) is 122 Å². The molecule has 0 N–H and O–H groups in total. The first kappa shape index (κ1) is 67.6. The van der Waals surface area contributed by atoms with E-state index in [1.807, 2.05) is 0 Å². The number of carbonyl (C=O) groups excluding carboxylic acids is 15. The maximum atomic E-state index is 12.5. The number of carbonyl (C=O) groups is 15. The molecule has 4 saturated heterocycles. The molecule has 4 rings (SSSR count). The number of ether oxygens (including phenoxy) is 9. The number of imide groups is 4. The summed E-state index contributed by atoms with van der Waals surface area (Å²) in [6, 6.07) is 0. The molecule has 4 fully saturated rings. The van der Waals surface area contributed by atoms with Gasteiger partial charge in [-0.1, -0.05) is 4.94 Å². The zero-order chi connectivity index (χ0) is 60.6. The normalized spacial score (nSPS) is 15.3. The molecule has 0 aliphatic carbocycles. The summed E-state index contributed by atoms with van der Waals surface area (Å²) < 4.78 is 49.6. The van der Waals surface area contributed by atoms with Crippen molar-refractivity contribution in [2.45, 2.75) is 122 Å². The third-order valence-electron chi connectivity index (χ3n) is 11.5. The first-order valence-corrected chi connectivity index (χ1v) is 26.5. The molecule has 0 spiro atoms. The third kappa shape index (κ3) is 25.8. The Hall–Kier alpha value is -7.95. The molecule has 4 aliphatic rings. The molecular formula is C49H66N5O29+. The van der Waals surface area contributed by atoms with E-state index in [0.717, 1.165) is 0 Å². The van der Waals surface area contributed by atoms with Gasteiger partial charge in [-0.25, -0.2) is 14.4 Å². The molecule has 0 saturated carbocycles. The van der Waals surface area contributed by atoms with Gasteiger partial charge in [0.15, 0.2) is 0 Å². The number of nitrogens with zero attached hydrogens (tertiary/aromatic N) is 5. The highest BCUT2D eigenvalue weighted by Crippen LogP contribution is 2.22. The van der Waals surface area contributed by atoms with Gasteiger partial charge in [0.1, 0.15) is 33.2 Å². The van der Waals surface area contributed by atoms with Gasteiger partial charge >= 0.3 is 41.8 Å². The van der Waals surface area contributed by atoms with Gasteiger partial charge in [0.2, 0.25) is 4.92 Å². The van der Waals surface area contributed by atoms with Gasteiger partial charge in [-0.15, -0.1) is 15.2 Å². The van der Waals surface area contributed by atoms with Gasteiger partial charge in [-0.2, -0.15) is 0 Å². The fraction of sp³-hybridized carbons (Fsp3) is 0.694. The average molecular weight is 1190 g/mol. The Kier molecular flexibility index (Phi) is 29.7. The lowest BCUT2D eigenvalue weighted by Gasteiger charge is -2.33. The second kappa shape index (κ2) is 36.5. The molecule has 0 radical (unpaired) electrons. The van der Waals surface area contributed by atoms with Crippen molar-refractivity contribution in [2.75, 3.05) is 92.6 Å². The summed E-state index contributed by atoms with van der Waals surface area (Å²) in [5.74, 6) is -10.9. The Balaban J connectivity index is 1.27. The maximum Gasteiger partial charge on any atom is 0.333 e. The first-order chi connectivity index (χ1) is 39.7. The molecule has 34 nitrogen and oxygen atoms in total. The minimum atomic E-state index is -1.27. The smallest absolute Gasteiger partial charge is 0.333 e. The van der Waals surface area contributed by atoms with E-state index in [2.05, 4.69) is 0 Å². The zero-order valence-electron chi connectivity index (χ0n) is 45.4. The molecule has 0 atom stereocenters. The Morgan fingerprint density at radius 2 is 0.602 bits per heavy atom. The summed E-state index contributed by atoms with van der Waals surface area (Å²) in [6.45, 7) is -3.67. The minimum Gasteiger partial charge on any atom is -0.463 e. The van der Waals surface area contributed by atoms with Crippen molar-refractivity contribution < 1.29 is 139 Å². The Morgan fingerprint density at radius 3 is 0.928 bits per heavy atom. The highest BCUT2D eigenvalue weighted by atomic mass is 16.9. The Labute approximate surface area is 472 Å². The molecule has 34 heteroatoms. The maximum absolute atomic E-state index is 12.5. The van der Waals surface area contributed by atoms with E-state index in [9.17, 15) is 76.8 Å². The summed E-state index contributed by atoms with van der Waals surface area (Å²) >= 11 is 0. The second-order valence-electron chi connectivity index (χ2n) is 18.4. The van der Waals surface area contributed by atoms with E-state index in [1.165, 1.54) is 0 Å². The number of amides is 8. The van der Waals surface area contributed by atoms with Crippen LogP contribution in [0.5, 0.6) is 0 Å². The van der Waals surface area contributed by atoms with Crippen LogP contribution in [0.15, 0.2) is 0 Å². The molecule has 8 amide bonds. The number of hydrogen-bond acceptors (Lipinski definition) is 29. The van der Waals surface area contributed by atoms with Gasteiger partial charge in [0.05, 0.1) is 69.6 Å². The number of rotatable bonds is 43. The van der Waals surface area contributed by atoms with Crippen molar-refractivity contribution in [1.29, 1.82) is 0 Å². The molecule has 460 valence electrons. The summed E-state index contributed by atoms with van der Waals surface area (Å²) in [5, 5.41) is 1.52. The fourth-order valence-corrected chi connectivity index (χ4v) is 7.32. The predicted octanol–water partition coefficient (Wildman–Crippen LogP) is -0.927. The van der Waals surface area contributed by atoms with Gasteiger partial charge in [-0.3, -0.25) is 57.5 Å². The van der Waals surface area contributed by atoms with Gasteiger partial charge in [0, 0.05) is 96.3 Å². The second-order valence-corrected chi connectivity index (χ2v) is 18.4. The monoisotopic (exact) mass is 1190 g/mol. The van der Waals surface area contributed by atoms with E-state index in [-0.39, 0.29) is 213 Å². The third-order valence-corrected chi connectivity index (χ3v) is 11.5. The van der Waals surface area contributed by atoms with Crippen molar-refractivity contribution in [3.8, 4) is 0 Å². The van der Waals surface area contributed by atoms with Crippen molar-refractivity contribution in [3.05, 3.63) is 4.91 Å². The first-order valence-electron chi connectivity index (χ1n) is 26.5. The summed E-state index contributed by atoms with van der Waals surface area (Å²) in [7, 11) is 0. The quantitative estimate of drug-likeness (QED) is 0.0178. The van der Waals surface area contributed by atoms with Crippen LogP contribution in [0.25, 0.3) is 0 Å². The summed E-state index contributed by atoms with van der Waals surface area (Å²) in [5.41, 5.74) is -1.27. The number of hydroxylamine groups is 8. The average Bonchev–Trinajstić information content (AvgIpc) is 4.19. The van der Waals surface area contributed by atoms with Crippen LogP contribution in [0.3, 0.4) is 0 Å². The molecule has 0 aromatic heterocycles. The van der Waals surface area contributed by atoms with E-state index in [4.69, 9.17) is 62.1 Å². The van der Waals surface area contributed by atoms with Crippen LogP contribution in [0, 0.1) is 10.3 Å². The molecule has 0 unspecified atom stereocenters. The molecule has 0 aromatic rings. The minimum absolute atomic E-state index is 0.00907. The Bertz CT molecular complexity index is 2130. The van der Waals surface area contributed by atoms with Crippen molar-refractivity contribution in [2.24, 2.45) is 5.41 Å². The zero-order valence-corrected chi connectivity index (χ0v) is 45.4. The Morgan fingerprint density at radius 1 is 0.337 bits per heavy atom. The number of hydrogen-bond donors (Lipinski definition) is 0. The van der Waals surface area contributed by atoms with E-state index in [1.54, 1.807) is 0 Å². The fourth-order valence-electron chi connectivity index (χ4n) is 7.32. The molecule has 0 aromatic carbocycles. The van der Waals surface area contributed by atoms with Crippen LogP contribution in [0.4, 0.5) is 0 Å². The largest absolute Gasteiger partial charge is 0.463 e. The highest BCUT2D eigenvalue weighted by Gasteiger charge is 2.38. The van der Waals surface area contributed by atoms with Crippen LogP contribution < -0.4 is 0 Å². The molecule has 4 aliphatic heterocycles. The van der Waals surface area contributed by atoms with Gasteiger partial charge < -0.3 is 57.1 Å². The highest BCUT2D eigenvalue weighted by molar-refractivity contribution is 6.03. The van der Waals surface area contributed by atoms with Crippen LogP contribution in [-0.2, 0) is 134 Å². The van der Waals surface area contributed by atoms with Crippen LogP contribution in [0.2, 0.25) is 0 Å². The van der Waals surface area contributed by atoms with Crippen molar-refractivity contribution >= 4 is 89.0 Å². The standard InChI is InChI=1S/C49H66N5O29/c55-34-12-13-35(56)51(34)80-46(67)8-1-5-42(63)76-25-21-71-29-49(30-72-22-26-77-43(64)6-2-9-47(68)81-52-36(57)14-15-37(52)58,31-73-23-27-78-45(66)11-4-20-50(70)83-54-40(61)18-19-41(54)62)32-75-33-74-24-28-79-44(65)7-3-10-48(69)82-53-38(59)16-17-39(53)60/h1-33H2/q+1. The molecule has 0 bridgehead atoms. The SMILES string of the molecule is O=C(CCCC(=O)ON1C(=O)CCC1=O)OCCOCOCC(COCCOC(=O)CCCC(=O)ON1C(=O)CCC1=O)(COCCOC(=O)CCCC(=O)ON1C(=O)CCC1=O)COCCOC(=O)CCC[N+](=O)ON1C(=O)CCC1=O. The van der Waals surface area contributed by atoms with Gasteiger partial charge in [-0.05, 0) is 24.3 Å². The summed E-state index contributed by atoms with van der Waals surface area (Å²) in [4.78, 5) is 211. The lowest BCUT2D eigenvalue weighted by atomic mass is 9.92. The van der Waals surface area contributed by atoms with E-state index >= 15 is 0 Å².